The van der Waals surface area contributed by atoms with Gasteiger partial charge in [0, 0.05) is 38.5 Å². The van der Waals surface area contributed by atoms with Crippen LogP contribution in [0, 0.1) is 0 Å². The molecule has 19 heavy (non-hydrogen) atoms. The Bertz CT molecular complexity index is 652. The second kappa shape index (κ2) is 4.05. The molecule has 0 saturated carbocycles. The van der Waals surface area contributed by atoms with Crippen LogP contribution in [0.4, 0.5) is 5.69 Å². The number of ketones is 1. The summed E-state index contributed by atoms with van der Waals surface area (Å²) in [6, 6.07) is 5.36. The summed E-state index contributed by atoms with van der Waals surface area (Å²) in [6.45, 7) is 0.445. The summed E-state index contributed by atoms with van der Waals surface area (Å²) < 4.78 is 27.3. The molecule has 6 heteroatoms. The van der Waals surface area contributed by atoms with E-state index in [0.717, 1.165) is 12.0 Å². The SMILES string of the molecule is CN(C)S(=O)(=O)N1CC2CCC(=O)c3cccc1c32. The second-order valence-corrected chi connectivity index (χ2v) is 7.29. The smallest absolute Gasteiger partial charge is 0.294 e. The van der Waals surface area contributed by atoms with Gasteiger partial charge in [0.15, 0.2) is 5.78 Å². The van der Waals surface area contributed by atoms with Crippen LogP contribution in [0.1, 0.15) is 34.7 Å². The first-order chi connectivity index (χ1) is 8.93. The highest BCUT2D eigenvalue weighted by molar-refractivity contribution is 7.90. The van der Waals surface area contributed by atoms with E-state index in [4.69, 9.17) is 0 Å². The maximum Gasteiger partial charge on any atom is 0.303 e. The van der Waals surface area contributed by atoms with Gasteiger partial charge in [0.05, 0.1) is 5.69 Å². The number of benzene rings is 1. The molecule has 1 atom stereocenters. The van der Waals surface area contributed by atoms with Crippen molar-refractivity contribution in [1.82, 2.24) is 4.31 Å². The minimum atomic E-state index is -3.48. The van der Waals surface area contributed by atoms with E-state index in [-0.39, 0.29) is 11.7 Å². The highest BCUT2D eigenvalue weighted by Gasteiger charge is 2.40. The molecule has 0 fully saturated rings. The standard InChI is InChI=1S/C13H16N2O3S/c1-14(2)19(17,18)15-8-9-6-7-12(16)10-4-3-5-11(15)13(9)10/h3-5,9H,6-8H2,1-2H3. The molecular formula is C13H16N2O3S. The van der Waals surface area contributed by atoms with Gasteiger partial charge in [-0.25, -0.2) is 0 Å². The molecule has 0 radical (unpaired) electrons. The maximum absolute atomic E-state index is 12.3. The van der Waals surface area contributed by atoms with Gasteiger partial charge in [0.25, 0.3) is 0 Å². The monoisotopic (exact) mass is 280 g/mol. The third kappa shape index (κ3) is 1.70. The van der Waals surface area contributed by atoms with Crippen LogP contribution < -0.4 is 4.31 Å². The number of rotatable bonds is 2. The van der Waals surface area contributed by atoms with E-state index in [9.17, 15) is 13.2 Å². The number of carbonyl (C=O) groups is 1. The predicted octanol–water partition coefficient (Wildman–Crippen LogP) is 1.37. The van der Waals surface area contributed by atoms with E-state index < -0.39 is 10.2 Å². The van der Waals surface area contributed by atoms with Gasteiger partial charge in [-0.2, -0.15) is 12.7 Å². The number of Topliss-reactive ketones (excluding diaryl/α,β-unsaturated/α-hetero) is 1. The van der Waals surface area contributed by atoms with Gasteiger partial charge < -0.3 is 0 Å². The molecule has 0 saturated heterocycles. The van der Waals surface area contributed by atoms with Crippen LogP contribution in [0.5, 0.6) is 0 Å². The highest BCUT2D eigenvalue weighted by atomic mass is 32.2. The number of hydrogen-bond acceptors (Lipinski definition) is 3. The number of carbonyl (C=O) groups excluding carboxylic acids is 1. The van der Waals surface area contributed by atoms with Gasteiger partial charge in [-0.1, -0.05) is 12.1 Å². The van der Waals surface area contributed by atoms with Crippen molar-refractivity contribution in [3.05, 3.63) is 29.3 Å². The first-order valence-corrected chi connectivity index (χ1v) is 7.69. The molecule has 0 bridgehead atoms. The van der Waals surface area contributed by atoms with Crippen LogP contribution in [0.15, 0.2) is 18.2 Å². The van der Waals surface area contributed by atoms with Crippen molar-refractivity contribution in [2.75, 3.05) is 24.9 Å². The molecule has 2 aliphatic rings. The van der Waals surface area contributed by atoms with Crippen LogP contribution in [-0.2, 0) is 10.2 Å². The predicted molar refractivity (Wildman–Crippen MR) is 72.7 cm³/mol. The van der Waals surface area contributed by atoms with Gasteiger partial charge in [-0.3, -0.25) is 9.10 Å². The van der Waals surface area contributed by atoms with Gasteiger partial charge in [-0.15, -0.1) is 0 Å². The Balaban J connectivity index is 2.17. The zero-order valence-corrected chi connectivity index (χ0v) is 11.8. The fraction of sp³-hybridized carbons (Fsp3) is 0.462. The minimum absolute atomic E-state index is 0.122. The van der Waals surface area contributed by atoms with Gasteiger partial charge in [-0.05, 0) is 18.1 Å². The number of anilines is 1. The van der Waals surface area contributed by atoms with Crippen LogP contribution >= 0.6 is 0 Å². The van der Waals surface area contributed by atoms with E-state index in [1.165, 1.54) is 22.7 Å². The quantitative estimate of drug-likeness (QED) is 0.822. The topological polar surface area (TPSA) is 57.7 Å². The van der Waals surface area contributed by atoms with Crippen molar-refractivity contribution in [1.29, 1.82) is 0 Å². The lowest BCUT2D eigenvalue weighted by Gasteiger charge is -2.23. The largest absolute Gasteiger partial charge is 0.303 e. The van der Waals surface area contributed by atoms with Gasteiger partial charge in [0.2, 0.25) is 0 Å². The summed E-state index contributed by atoms with van der Waals surface area (Å²) in [7, 11) is -0.435. The van der Waals surface area contributed by atoms with Crippen LogP contribution in [0.3, 0.4) is 0 Å². The molecule has 1 aliphatic heterocycles. The summed E-state index contributed by atoms with van der Waals surface area (Å²) in [6.07, 6.45) is 1.25. The summed E-state index contributed by atoms with van der Waals surface area (Å²) in [5.41, 5.74) is 2.29. The molecule has 1 aromatic rings. The van der Waals surface area contributed by atoms with E-state index in [2.05, 4.69) is 0 Å². The third-order valence-corrected chi connectivity index (χ3v) is 5.73. The van der Waals surface area contributed by atoms with E-state index in [1.54, 1.807) is 18.2 Å². The lowest BCUT2D eigenvalue weighted by atomic mass is 9.83. The summed E-state index contributed by atoms with van der Waals surface area (Å²) in [4.78, 5) is 11.9. The molecule has 0 N–H and O–H groups in total. The summed E-state index contributed by atoms with van der Waals surface area (Å²) in [5, 5.41) is 0. The van der Waals surface area contributed by atoms with E-state index in [1.807, 2.05) is 0 Å². The Morgan fingerprint density at radius 3 is 2.74 bits per heavy atom. The Kier molecular flexibility index (Phi) is 2.69. The average Bonchev–Trinajstić information content (AvgIpc) is 2.75. The fourth-order valence-corrected chi connectivity index (χ4v) is 4.09. The molecule has 3 rings (SSSR count). The lowest BCUT2D eigenvalue weighted by molar-refractivity contribution is 0.0968. The molecule has 0 spiro atoms. The minimum Gasteiger partial charge on any atom is -0.294 e. The molecule has 1 aliphatic carbocycles. The van der Waals surface area contributed by atoms with Gasteiger partial charge in [0.1, 0.15) is 0 Å². The second-order valence-electron chi connectivity index (χ2n) is 5.22. The van der Waals surface area contributed by atoms with Crippen LogP contribution in [0.2, 0.25) is 0 Å². The normalized spacial score (nSPS) is 21.9. The molecule has 0 amide bonds. The third-order valence-electron chi connectivity index (χ3n) is 3.91. The maximum atomic E-state index is 12.3. The number of nitrogens with zero attached hydrogens (tertiary/aromatic N) is 2. The summed E-state index contributed by atoms with van der Waals surface area (Å²) in [5.74, 6) is 0.274. The zero-order valence-electron chi connectivity index (χ0n) is 11.0. The molecule has 1 aromatic carbocycles. The average molecular weight is 280 g/mol. The van der Waals surface area contributed by atoms with Crippen molar-refractivity contribution < 1.29 is 13.2 Å². The van der Waals surface area contributed by atoms with E-state index >= 15 is 0 Å². The van der Waals surface area contributed by atoms with Crippen molar-refractivity contribution >= 4 is 21.7 Å². The van der Waals surface area contributed by atoms with Crippen molar-refractivity contribution in [3.8, 4) is 0 Å². The fourth-order valence-electron chi connectivity index (χ4n) is 2.92. The molecule has 102 valence electrons. The zero-order chi connectivity index (χ0) is 13.8. The Labute approximate surface area is 113 Å². The highest BCUT2D eigenvalue weighted by Crippen LogP contribution is 2.45. The molecule has 1 heterocycles. The van der Waals surface area contributed by atoms with Crippen molar-refractivity contribution in [3.63, 3.8) is 0 Å². The lowest BCUT2D eigenvalue weighted by Crippen LogP contribution is -2.39. The Morgan fingerprint density at radius 1 is 1.32 bits per heavy atom. The van der Waals surface area contributed by atoms with Gasteiger partial charge >= 0.3 is 10.2 Å². The first-order valence-electron chi connectivity index (χ1n) is 6.29. The first kappa shape index (κ1) is 12.6. The van der Waals surface area contributed by atoms with Crippen LogP contribution in [-0.4, -0.2) is 39.1 Å². The van der Waals surface area contributed by atoms with E-state index in [0.29, 0.717) is 24.2 Å². The molecule has 0 aromatic heterocycles. The Morgan fingerprint density at radius 2 is 2.05 bits per heavy atom. The number of hydrogen-bond donors (Lipinski definition) is 0. The summed E-state index contributed by atoms with van der Waals surface area (Å²) >= 11 is 0. The molecular weight excluding hydrogens is 264 g/mol. The van der Waals surface area contributed by atoms with Crippen LogP contribution in [0.25, 0.3) is 0 Å². The van der Waals surface area contributed by atoms with Crippen molar-refractivity contribution in [2.24, 2.45) is 0 Å². The molecule has 5 nitrogen and oxygen atoms in total. The Hall–Kier alpha value is -1.40. The molecule has 1 unspecified atom stereocenters. The van der Waals surface area contributed by atoms with Crippen molar-refractivity contribution in [2.45, 2.75) is 18.8 Å².